The van der Waals surface area contributed by atoms with Crippen molar-refractivity contribution >= 4 is 18.0 Å². The summed E-state index contributed by atoms with van der Waals surface area (Å²) in [4.78, 5) is 21.7. The van der Waals surface area contributed by atoms with Gasteiger partial charge in [0.15, 0.2) is 0 Å². The van der Waals surface area contributed by atoms with Gasteiger partial charge < -0.3 is 10.6 Å². The summed E-state index contributed by atoms with van der Waals surface area (Å²) in [6.07, 6.45) is 1.11. The Bertz CT molecular complexity index is 376. The number of para-hydroxylation sites is 1. The van der Waals surface area contributed by atoms with Gasteiger partial charge in [0, 0.05) is 12.1 Å². The Labute approximate surface area is 81.3 Å². The minimum absolute atomic E-state index is 0.157. The van der Waals surface area contributed by atoms with Crippen molar-refractivity contribution in [3.05, 3.63) is 29.8 Å². The van der Waals surface area contributed by atoms with Crippen molar-refractivity contribution in [2.24, 2.45) is 0 Å². The lowest BCUT2D eigenvalue weighted by Gasteiger charge is -2.23. The molecule has 0 saturated heterocycles. The number of amides is 2. The van der Waals surface area contributed by atoms with E-state index in [9.17, 15) is 9.59 Å². The first-order valence-electron chi connectivity index (χ1n) is 4.40. The number of benzene rings is 1. The third-order valence-corrected chi connectivity index (χ3v) is 2.28. The molecule has 0 radical (unpaired) electrons. The highest BCUT2D eigenvalue weighted by atomic mass is 16.2. The second-order valence-electron chi connectivity index (χ2n) is 3.19. The summed E-state index contributed by atoms with van der Waals surface area (Å²) in [5.74, 6) is -0.157. The van der Waals surface area contributed by atoms with Crippen molar-refractivity contribution in [2.45, 2.75) is 12.5 Å². The molecular weight excluding hydrogens is 180 g/mol. The van der Waals surface area contributed by atoms with Gasteiger partial charge in [0.25, 0.3) is 0 Å². The van der Waals surface area contributed by atoms with Gasteiger partial charge >= 0.3 is 0 Å². The van der Waals surface area contributed by atoms with Crippen LogP contribution in [0.2, 0.25) is 0 Å². The number of fused-ring (bicyclic) bond motifs is 1. The number of carbonyl (C=O) groups is 2. The molecule has 1 aliphatic heterocycles. The molecule has 0 aliphatic carbocycles. The van der Waals surface area contributed by atoms with Crippen molar-refractivity contribution in [1.29, 1.82) is 0 Å². The molecule has 0 fully saturated rings. The van der Waals surface area contributed by atoms with Crippen LogP contribution in [0.5, 0.6) is 0 Å². The molecule has 1 aromatic carbocycles. The molecule has 2 N–H and O–H groups in total. The van der Waals surface area contributed by atoms with Crippen LogP contribution in [0.25, 0.3) is 0 Å². The predicted octanol–water partition coefficient (Wildman–Crippen LogP) is 0.296. The van der Waals surface area contributed by atoms with E-state index >= 15 is 0 Å². The molecule has 72 valence electrons. The van der Waals surface area contributed by atoms with Crippen LogP contribution in [-0.2, 0) is 16.0 Å². The molecule has 0 aromatic heterocycles. The van der Waals surface area contributed by atoms with E-state index in [-0.39, 0.29) is 5.91 Å². The van der Waals surface area contributed by atoms with E-state index in [0.29, 0.717) is 12.8 Å². The van der Waals surface area contributed by atoms with Crippen molar-refractivity contribution in [3.63, 3.8) is 0 Å². The minimum atomic E-state index is -0.442. The summed E-state index contributed by atoms with van der Waals surface area (Å²) in [6, 6.07) is 7.13. The van der Waals surface area contributed by atoms with E-state index < -0.39 is 6.04 Å². The molecule has 1 heterocycles. The second kappa shape index (κ2) is 3.49. The van der Waals surface area contributed by atoms with Gasteiger partial charge in [0.05, 0.1) is 0 Å². The van der Waals surface area contributed by atoms with Crippen LogP contribution in [0.15, 0.2) is 24.3 Å². The Morgan fingerprint density at radius 3 is 3.00 bits per heavy atom. The van der Waals surface area contributed by atoms with Crippen molar-refractivity contribution < 1.29 is 9.59 Å². The van der Waals surface area contributed by atoms with Gasteiger partial charge in [-0.3, -0.25) is 9.59 Å². The van der Waals surface area contributed by atoms with Crippen LogP contribution in [0.4, 0.5) is 5.69 Å². The topological polar surface area (TPSA) is 58.2 Å². The zero-order valence-electron chi connectivity index (χ0n) is 7.49. The van der Waals surface area contributed by atoms with Crippen LogP contribution in [0, 0.1) is 0 Å². The van der Waals surface area contributed by atoms with Crippen LogP contribution in [-0.4, -0.2) is 18.4 Å². The smallest absolute Gasteiger partial charge is 0.247 e. The number of hydrogen-bond donors (Lipinski definition) is 2. The second-order valence-corrected chi connectivity index (χ2v) is 3.19. The quantitative estimate of drug-likeness (QED) is 0.659. The lowest BCUT2D eigenvalue weighted by Crippen LogP contribution is -2.44. The first-order valence-corrected chi connectivity index (χ1v) is 4.40. The van der Waals surface area contributed by atoms with Gasteiger partial charge in [-0.2, -0.15) is 0 Å². The summed E-state index contributed by atoms with van der Waals surface area (Å²) in [5.41, 5.74) is 1.88. The first kappa shape index (κ1) is 8.74. The average molecular weight is 190 g/mol. The Balaban J connectivity index is 2.26. The molecular formula is C10H10N2O2. The molecule has 1 aromatic rings. The van der Waals surface area contributed by atoms with E-state index in [2.05, 4.69) is 10.6 Å². The maximum Gasteiger partial charge on any atom is 0.247 e. The molecule has 1 unspecified atom stereocenters. The van der Waals surface area contributed by atoms with Crippen LogP contribution < -0.4 is 10.6 Å². The highest BCUT2D eigenvalue weighted by Gasteiger charge is 2.24. The number of rotatable bonds is 2. The standard InChI is InChI=1S/C10H10N2O2/c13-6-11-9-5-7-3-1-2-4-8(7)12-10(9)14/h1-4,6,9H,5H2,(H,11,13)(H,12,14). The Hall–Kier alpha value is -1.84. The Morgan fingerprint density at radius 2 is 2.21 bits per heavy atom. The minimum Gasteiger partial charge on any atom is -0.347 e. The summed E-state index contributed by atoms with van der Waals surface area (Å²) in [5, 5.41) is 5.22. The zero-order chi connectivity index (χ0) is 9.97. The maximum atomic E-state index is 11.4. The molecule has 1 atom stereocenters. The SMILES string of the molecule is O=CNC1Cc2ccccc2NC1=O. The number of nitrogens with one attached hydrogen (secondary N) is 2. The van der Waals surface area contributed by atoms with E-state index in [0.717, 1.165) is 11.3 Å². The van der Waals surface area contributed by atoms with E-state index in [1.807, 2.05) is 24.3 Å². The van der Waals surface area contributed by atoms with E-state index in [4.69, 9.17) is 0 Å². The maximum absolute atomic E-state index is 11.4. The first-order chi connectivity index (χ1) is 6.81. The lowest BCUT2D eigenvalue weighted by atomic mass is 9.99. The number of carbonyl (C=O) groups excluding carboxylic acids is 2. The molecule has 2 rings (SSSR count). The number of hydrogen-bond acceptors (Lipinski definition) is 2. The summed E-state index contributed by atoms with van der Waals surface area (Å²) >= 11 is 0. The van der Waals surface area contributed by atoms with Crippen molar-refractivity contribution in [3.8, 4) is 0 Å². The van der Waals surface area contributed by atoms with Crippen LogP contribution in [0.1, 0.15) is 5.56 Å². The molecule has 0 bridgehead atoms. The van der Waals surface area contributed by atoms with Crippen LogP contribution in [0.3, 0.4) is 0 Å². The largest absolute Gasteiger partial charge is 0.347 e. The third-order valence-electron chi connectivity index (χ3n) is 2.28. The normalized spacial score (nSPS) is 19.4. The summed E-state index contributed by atoms with van der Waals surface area (Å²) in [7, 11) is 0. The van der Waals surface area contributed by atoms with E-state index in [1.165, 1.54) is 0 Å². The molecule has 4 nitrogen and oxygen atoms in total. The summed E-state index contributed by atoms with van der Waals surface area (Å²) in [6.45, 7) is 0. The molecule has 0 spiro atoms. The van der Waals surface area contributed by atoms with Crippen molar-refractivity contribution in [1.82, 2.24) is 5.32 Å². The highest BCUT2D eigenvalue weighted by molar-refractivity contribution is 5.98. The summed E-state index contributed by atoms with van der Waals surface area (Å²) < 4.78 is 0. The predicted molar refractivity (Wildman–Crippen MR) is 51.8 cm³/mol. The van der Waals surface area contributed by atoms with Gasteiger partial charge in [0.1, 0.15) is 6.04 Å². The highest BCUT2D eigenvalue weighted by Crippen LogP contribution is 2.21. The molecule has 2 amide bonds. The Morgan fingerprint density at radius 1 is 1.43 bits per heavy atom. The lowest BCUT2D eigenvalue weighted by molar-refractivity contribution is -0.121. The van der Waals surface area contributed by atoms with Gasteiger partial charge in [-0.25, -0.2) is 0 Å². The Kier molecular flexibility index (Phi) is 2.18. The average Bonchev–Trinajstić information content (AvgIpc) is 2.19. The van der Waals surface area contributed by atoms with Gasteiger partial charge in [-0.15, -0.1) is 0 Å². The van der Waals surface area contributed by atoms with E-state index in [1.54, 1.807) is 0 Å². The third kappa shape index (κ3) is 1.46. The van der Waals surface area contributed by atoms with Gasteiger partial charge in [-0.1, -0.05) is 18.2 Å². The fourth-order valence-electron chi connectivity index (χ4n) is 1.57. The monoisotopic (exact) mass is 190 g/mol. The fraction of sp³-hybridized carbons (Fsp3) is 0.200. The molecule has 14 heavy (non-hydrogen) atoms. The fourth-order valence-corrected chi connectivity index (χ4v) is 1.57. The molecule has 4 heteroatoms. The molecule has 0 saturated carbocycles. The van der Waals surface area contributed by atoms with Gasteiger partial charge in [-0.05, 0) is 11.6 Å². The number of anilines is 1. The van der Waals surface area contributed by atoms with Crippen molar-refractivity contribution in [2.75, 3.05) is 5.32 Å². The zero-order valence-corrected chi connectivity index (χ0v) is 7.49. The van der Waals surface area contributed by atoms with Crippen LogP contribution >= 0.6 is 0 Å². The molecule has 1 aliphatic rings. The van der Waals surface area contributed by atoms with Gasteiger partial charge in [0.2, 0.25) is 12.3 Å².